The van der Waals surface area contributed by atoms with Gasteiger partial charge in [0.15, 0.2) is 0 Å². The minimum absolute atomic E-state index is 0.393. The van der Waals surface area contributed by atoms with Crippen LogP contribution in [0.25, 0.3) is 0 Å². The van der Waals surface area contributed by atoms with E-state index in [4.69, 9.17) is 11.6 Å². The predicted octanol–water partition coefficient (Wildman–Crippen LogP) is 3.61. The molecule has 0 amide bonds. The van der Waals surface area contributed by atoms with Gasteiger partial charge in [0.2, 0.25) is 0 Å². The van der Waals surface area contributed by atoms with Gasteiger partial charge in [-0.15, -0.1) is 11.6 Å². The zero-order valence-electron chi connectivity index (χ0n) is 9.98. The highest BCUT2D eigenvalue weighted by Gasteiger charge is 2.04. The monoisotopic (exact) mass is 325 g/mol. The Morgan fingerprint density at radius 3 is 2.44 bits per heavy atom. The third kappa shape index (κ3) is 3.43. The maximum absolute atomic E-state index is 5.68. The van der Waals surface area contributed by atoms with E-state index >= 15 is 0 Å². The molecule has 0 fully saturated rings. The maximum atomic E-state index is 5.68. The first-order valence-electron chi connectivity index (χ1n) is 5.51. The van der Waals surface area contributed by atoms with Gasteiger partial charge in [-0.2, -0.15) is 0 Å². The van der Waals surface area contributed by atoms with Crippen molar-refractivity contribution in [3.63, 3.8) is 0 Å². The lowest BCUT2D eigenvalue weighted by atomic mass is 10.2. The summed E-state index contributed by atoms with van der Waals surface area (Å²) in [6, 6.07) is 8.24. The number of hydrogen-bond donors (Lipinski definition) is 0. The lowest BCUT2D eigenvalue weighted by molar-refractivity contribution is 0.884. The molecule has 3 nitrogen and oxygen atoms in total. The number of rotatable bonds is 4. The Morgan fingerprint density at radius 1 is 1.17 bits per heavy atom. The molecule has 5 heteroatoms. The zero-order valence-corrected chi connectivity index (χ0v) is 12.3. The first-order valence-corrected chi connectivity index (χ1v) is 6.84. The molecule has 94 valence electrons. The van der Waals surface area contributed by atoms with Gasteiger partial charge in [-0.05, 0) is 17.7 Å². The van der Waals surface area contributed by atoms with Crippen molar-refractivity contribution in [1.29, 1.82) is 0 Å². The summed E-state index contributed by atoms with van der Waals surface area (Å²) in [5.41, 5.74) is 2.02. The predicted molar refractivity (Wildman–Crippen MR) is 77.8 cm³/mol. The average molecular weight is 327 g/mol. The molecule has 0 bridgehead atoms. The highest BCUT2D eigenvalue weighted by atomic mass is 79.9. The van der Waals surface area contributed by atoms with Crippen LogP contribution in [0.3, 0.4) is 0 Å². The molecule has 0 spiro atoms. The fourth-order valence-electron chi connectivity index (χ4n) is 1.56. The molecule has 0 N–H and O–H groups in total. The molecule has 0 aliphatic heterocycles. The number of aromatic nitrogens is 2. The van der Waals surface area contributed by atoms with Gasteiger partial charge >= 0.3 is 0 Å². The summed E-state index contributed by atoms with van der Waals surface area (Å²) < 4.78 is 1.08. The Balaban J connectivity index is 2.06. The standard InChI is InChI=1S/C13H13BrClN3/c1-18(9-10-2-4-11(14)5-3-10)13-8-16-12(6-15)7-17-13/h2-5,7-8H,6,9H2,1H3. The quantitative estimate of drug-likeness (QED) is 0.804. The van der Waals surface area contributed by atoms with Crippen molar-refractivity contribution in [2.24, 2.45) is 0 Å². The number of alkyl halides is 1. The van der Waals surface area contributed by atoms with Gasteiger partial charge in [-0.3, -0.25) is 4.98 Å². The number of halogens is 2. The SMILES string of the molecule is CN(Cc1ccc(Br)cc1)c1cnc(CCl)cn1. The van der Waals surface area contributed by atoms with Gasteiger partial charge in [-0.25, -0.2) is 4.98 Å². The van der Waals surface area contributed by atoms with Gasteiger partial charge in [0, 0.05) is 18.1 Å². The first kappa shape index (κ1) is 13.3. The first-order chi connectivity index (χ1) is 8.69. The van der Waals surface area contributed by atoms with Crippen LogP contribution < -0.4 is 4.90 Å². The second kappa shape index (κ2) is 6.16. The topological polar surface area (TPSA) is 29.0 Å². The Kier molecular flexibility index (Phi) is 4.55. The summed E-state index contributed by atoms with van der Waals surface area (Å²) in [4.78, 5) is 10.6. The fourth-order valence-corrected chi connectivity index (χ4v) is 1.96. The summed E-state index contributed by atoms with van der Waals surface area (Å²) in [5.74, 6) is 1.23. The zero-order chi connectivity index (χ0) is 13.0. The van der Waals surface area contributed by atoms with E-state index in [1.807, 2.05) is 24.1 Å². The lowest BCUT2D eigenvalue weighted by Crippen LogP contribution is -2.17. The average Bonchev–Trinajstić information content (AvgIpc) is 2.41. The summed E-state index contributed by atoms with van der Waals surface area (Å²) in [6.45, 7) is 0.794. The number of nitrogens with zero attached hydrogens (tertiary/aromatic N) is 3. The van der Waals surface area contributed by atoms with Crippen LogP contribution in [0, 0.1) is 0 Å². The van der Waals surface area contributed by atoms with Crippen molar-refractivity contribution < 1.29 is 0 Å². The minimum Gasteiger partial charge on any atom is -0.354 e. The van der Waals surface area contributed by atoms with E-state index in [-0.39, 0.29) is 0 Å². The van der Waals surface area contributed by atoms with E-state index in [1.54, 1.807) is 12.4 Å². The normalized spacial score (nSPS) is 10.4. The van der Waals surface area contributed by atoms with E-state index in [0.29, 0.717) is 5.88 Å². The van der Waals surface area contributed by atoms with Gasteiger partial charge in [-0.1, -0.05) is 28.1 Å². The van der Waals surface area contributed by atoms with Gasteiger partial charge in [0.1, 0.15) is 5.82 Å². The van der Waals surface area contributed by atoms with Crippen LogP contribution in [0.15, 0.2) is 41.1 Å². The van der Waals surface area contributed by atoms with Crippen molar-refractivity contribution in [3.8, 4) is 0 Å². The number of hydrogen-bond acceptors (Lipinski definition) is 3. The number of anilines is 1. The molecule has 1 aromatic heterocycles. The van der Waals surface area contributed by atoms with Crippen molar-refractivity contribution in [1.82, 2.24) is 9.97 Å². The summed E-state index contributed by atoms with van der Waals surface area (Å²) in [5, 5.41) is 0. The van der Waals surface area contributed by atoms with Crippen LogP contribution in [0.5, 0.6) is 0 Å². The molecular weight excluding hydrogens is 314 g/mol. The van der Waals surface area contributed by atoms with Crippen LogP contribution >= 0.6 is 27.5 Å². The third-order valence-corrected chi connectivity index (χ3v) is 3.36. The van der Waals surface area contributed by atoms with Crippen molar-refractivity contribution in [2.45, 2.75) is 12.4 Å². The van der Waals surface area contributed by atoms with E-state index in [9.17, 15) is 0 Å². The van der Waals surface area contributed by atoms with Gasteiger partial charge in [0.05, 0.1) is 24.0 Å². The van der Waals surface area contributed by atoms with E-state index in [0.717, 1.165) is 22.5 Å². The lowest BCUT2D eigenvalue weighted by Gasteiger charge is -2.17. The Bertz CT molecular complexity index is 499. The Morgan fingerprint density at radius 2 is 1.89 bits per heavy atom. The molecule has 0 aliphatic carbocycles. The van der Waals surface area contributed by atoms with Crippen molar-refractivity contribution in [3.05, 3.63) is 52.4 Å². The molecule has 0 aliphatic rings. The Hall–Kier alpha value is -1.13. The van der Waals surface area contributed by atoms with E-state index in [2.05, 4.69) is 38.0 Å². The third-order valence-electron chi connectivity index (χ3n) is 2.55. The van der Waals surface area contributed by atoms with Crippen molar-refractivity contribution >= 4 is 33.3 Å². The minimum atomic E-state index is 0.393. The largest absolute Gasteiger partial charge is 0.354 e. The molecule has 1 aromatic carbocycles. The summed E-state index contributed by atoms with van der Waals surface area (Å²) in [7, 11) is 1.99. The molecule has 18 heavy (non-hydrogen) atoms. The Labute approximate surface area is 120 Å². The molecule has 2 aromatic rings. The van der Waals surface area contributed by atoms with Crippen molar-refractivity contribution in [2.75, 3.05) is 11.9 Å². The summed E-state index contributed by atoms with van der Waals surface area (Å²) in [6.07, 6.45) is 3.46. The van der Waals surface area contributed by atoms with Crippen LogP contribution in [0.4, 0.5) is 5.82 Å². The van der Waals surface area contributed by atoms with Crippen LogP contribution in [-0.2, 0) is 12.4 Å². The van der Waals surface area contributed by atoms with Gasteiger partial charge < -0.3 is 4.90 Å². The molecule has 0 atom stereocenters. The summed E-state index contributed by atoms with van der Waals surface area (Å²) >= 11 is 9.11. The highest BCUT2D eigenvalue weighted by molar-refractivity contribution is 9.10. The highest BCUT2D eigenvalue weighted by Crippen LogP contribution is 2.15. The molecule has 1 heterocycles. The smallest absolute Gasteiger partial charge is 0.147 e. The second-order valence-corrected chi connectivity index (χ2v) is 5.17. The molecular formula is C13H13BrClN3. The second-order valence-electron chi connectivity index (χ2n) is 3.98. The van der Waals surface area contributed by atoms with Crippen LogP contribution in [0.2, 0.25) is 0 Å². The molecule has 0 unspecified atom stereocenters. The molecule has 0 saturated heterocycles. The van der Waals surface area contributed by atoms with Crippen LogP contribution in [-0.4, -0.2) is 17.0 Å². The fraction of sp³-hybridized carbons (Fsp3) is 0.231. The van der Waals surface area contributed by atoms with E-state index < -0.39 is 0 Å². The molecule has 0 saturated carbocycles. The molecule has 2 rings (SSSR count). The van der Waals surface area contributed by atoms with E-state index in [1.165, 1.54) is 5.56 Å². The maximum Gasteiger partial charge on any atom is 0.147 e. The molecule has 0 radical (unpaired) electrons. The van der Waals surface area contributed by atoms with Gasteiger partial charge in [0.25, 0.3) is 0 Å². The number of benzene rings is 1. The van der Waals surface area contributed by atoms with Crippen LogP contribution in [0.1, 0.15) is 11.3 Å².